The zero-order valence-corrected chi connectivity index (χ0v) is 15.1. The van der Waals surface area contributed by atoms with Gasteiger partial charge in [-0.1, -0.05) is 0 Å². The highest BCUT2D eigenvalue weighted by Crippen LogP contribution is 2.31. The molecular weight excluding hydrogens is 342 g/mol. The third-order valence-corrected chi connectivity index (χ3v) is 5.21. The first kappa shape index (κ1) is 16.1. The average molecular weight is 363 g/mol. The van der Waals surface area contributed by atoms with Crippen molar-refractivity contribution in [3.63, 3.8) is 0 Å². The Morgan fingerprint density at radius 2 is 2.26 bits per heavy atom. The standard InChI is InChI=1S/C19H21N7O/c1-11-14-3-2-13(8-16(14)25-24-11)21-19-22-15-5-7-27-17(15)18(23-19)26-6-4-12(9-20)10-26/h2-3,5,7-8,12H,4,6,9-10,20H2,1H3,(H,24,25)(H,21,22,23). The molecule has 5 rings (SSSR count). The lowest BCUT2D eigenvalue weighted by Crippen LogP contribution is -2.24. The van der Waals surface area contributed by atoms with E-state index in [0.717, 1.165) is 58.7 Å². The summed E-state index contributed by atoms with van der Waals surface area (Å²) < 4.78 is 5.66. The number of fused-ring (bicyclic) bond motifs is 2. The average Bonchev–Trinajstić information content (AvgIpc) is 3.41. The van der Waals surface area contributed by atoms with E-state index in [4.69, 9.17) is 15.1 Å². The number of hydrogen-bond acceptors (Lipinski definition) is 7. The molecule has 1 aliphatic rings. The Morgan fingerprint density at radius 3 is 3.11 bits per heavy atom. The van der Waals surface area contributed by atoms with Crippen molar-refractivity contribution in [1.82, 2.24) is 20.2 Å². The number of rotatable bonds is 4. The fourth-order valence-electron chi connectivity index (χ4n) is 3.70. The van der Waals surface area contributed by atoms with Crippen LogP contribution in [0.5, 0.6) is 0 Å². The molecule has 8 nitrogen and oxygen atoms in total. The predicted octanol–water partition coefficient (Wildman–Crippen LogP) is 2.94. The van der Waals surface area contributed by atoms with Crippen molar-refractivity contribution in [1.29, 1.82) is 0 Å². The second-order valence-corrected chi connectivity index (χ2v) is 7.04. The SMILES string of the molecule is Cc1n[nH]c2cc(Nc3nc(N4CCC(CN)C4)c4occc4n3)ccc12. The van der Waals surface area contributed by atoms with Crippen molar-refractivity contribution in [2.24, 2.45) is 11.7 Å². The van der Waals surface area contributed by atoms with Crippen LogP contribution in [0.15, 0.2) is 34.9 Å². The highest BCUT2D eigenvalue weighted by atomic mass is 16.3. The van der Waals surface area contributed by atoms with E-state index in [1.54, 1.807) is 6.26 Å². The summed E-state index contributed by atoms with van der Waals surface area (Å²) in [6, 6.07) is 7.93. The van der Waals surface area contributed by atoms with Crippen molar-refractivity contribution < 1.29 is 4.42 Å². The number of aryl methyl sites for hydroxylation is 1. The molecule has 4 aromatic rings. The number of hydrogen-bond donors (Lipinski definition) is 3. The van der Waals surface area contributed by atoms with Gasteiger partial charge in [0.15, 0.2) is 11.4 Å². The molecule has 4 heterocycles. The monoisotopic (exact) mass is 363 g/mol. The zero-order valence-electron chi connectivity index (χ0n) is 15.1. The summed E-state index contributed by atoms with van der Waals surface area (Å²) in [6.07, 6.45) is 2.73. The lowest BCUT2D eigenvalue weighted by atomic mass is 10.1. The number of aromatic amines is 1. The third kappa shape index (κ3) is 2.78. The molecular formula is C19H21N7O. The molecule has 138 valence electrons. The van der Waals surface area contributed by atoms with Gasteiger partial charge in [-0.3, -0.25) is 5.10 Å². The summed E-state index contributed by atoms with van der Waals surface area (Å²) >= 11 is 0. The van der Waals surface area contributed by atoms with Gasteiger partial charge in [-0.05, 0) is 44.0 Å². The quantitative estimate of drug-likeness (QED) is 0.511. The number of aromatic nitrogens is 4. The fourth-order valence-corrected chi connectivity index (χ4v) is 3.70. The van der Waals surface area contributed by atoms with E-state index in [0.29, 0.717) is 18.4 Å². The zero-order chi connectivity index (χ0) is 18.4. The number of nitrogens with two attached hydrogens (primary N) is 1. The molecule has 0 spiro atoms. The van der Waals surface area contributed by atoms with Gasteiger partial charge < -0.3 is 20.4 Å². The van der Waals surface area contributed by atoms with E-state index >= 15 is 0 Å². The molecule has 8 heteroatoms. The van der Waals surface area contributed by atoms with E-state index in [-0.39, 0.29) is 0 Å². The molecule has 0 radical (unpaired) electrons. The van der Waals surface area contributed by atoms with Crippen LogP contribution in [-0.4, -0.2) is 39.8 Å². The van der Waals surface area contributed by atoms with Crippen molar-refractivity contribution in [2.45, 2.75) is 13.3 Å². The molecule has 0 amide bonds. The summed E-state index contributed by atoms with van der Waals surface area (Å²) in [5.41, 5.74) is 10.2. The van der Waals surface area contributed by atoms with Crippen LogP contribution < -0.4 is 16.0 Å². The Labute approximate surface area is 155 Å². The fraction of sp³-hybridized carbons (Fsp3) is 0.316. The molecule has 1 unspecified atom stereocenters. The van der Waals surface area contributed by atoms with E-state index in [1.807, 2.05) is 31.2 Å². The third-order valence-electron chi connectivity index (χ3n) is 5.21. The lowest BCUT2D eigenvalue weighted by molar-refractivity contribution is 0.598. The van der Waals surface area contributed by atoms with Gasteiger partial charge in [0.2, 0.25) is 5.95 Å². The Bertz CT molecular complexity index is 1120. The van der Waals surface area contributed by atoms with E-state index < -0.39 is 0 Å². The topological polar surface area (TPSA) is 109 Å². The molecule has 1 fully saturated rings. The largest absolute Gasteiger partial charge is 0.459 e. The minimum absolute atomic E-state index is 0.493. The summed E-state index contributed by atoms with van der Waals surface area (Å²) in [4.78, 5) is 11.6. The van der Waals surface area contributed by atoms with Crippen LogP contribution in [-0.2, 0) is 0 Å². The highest BCUT2D eigenvalue weighted by Gasteiger charge is 2.25. The Morgan fingerprint density at radius 1 is 1.33 bits per heavy atom. The van der Waals surface area contributed by atoms with Gasteiger partial charge in [-0.2, -0.15) is 10.1 Å². The van der Waals surface area contributed by atoms with Gasteiger partial charge >= 0.3 is 0 Å². The minimum Gasteiger partial charge on any atom is -0.459 e. The Kier molecular flexibility index (Phi) is 3.71. The predicted molar refractivity (Wildman–Crippen MR) is 105 cm³/mol. The van der Waals surface area contributed by atoms with Crippen LogP contribution in [0.1, 0.15) is 12.1 Å². The summed E-state index contributed by atoms with van der Waals surface area (Å²) in [6.45, 7) is 4.49. The lowest BCUT2D eigenvalue weighted by Gasteiger charge is -2.18. The first-order valence-electron chi connectivity index (χ1n) is 9.13. The molecule has 4 N–H and O–H groups in total. The molecule has 1 atom stereocenters. The van der Waals surface area contributed by atoms with Crippen LogP contribution in [0.3, 0.4) is 0 Å². The first-order chi connectivity index (χ1) is 13.2. The van der Waals surface area contributed by atoms with Crippen LogP contribution in [0.25, 0.3) is 22.0 Å². The number of H-pyrrole nitrogens is 1. The Hall–Kier alpha value is -3.13. The van der Waals surface area contributed by atoms with Gasteiger partial charge in [0.05, 0.1) is 17.5 Å². The molecule has 27 heavy (non-hydrogen) atoms. The molecule has 3 aromatic heterocycles. The van der Waals surface area contributed by atoms with Gasteiger partial charge in [0.25, 0.3) is 0 Å². The summed E-state index contributed by atoms with van der Waals surface area (Å²) in [5.74, 6) is 1.86. The smallest absolute Gasteiger partial charge is 0.229 e. The van der Waals surface area contributed by atoms with Gasteiger partial charge in [-0.15, -0.1) is 0 Å². The molecule has 0 bridgehead atoms. The second kappa shape index (κ2) is 6.24. The number of anilines is 3. The molecule has 1 aromatic carbocycles. The van der Waals surface area contributed by atoms with Gasteiger partial charge in [0.1, 0.15) is 5.52 Å². The van der Waals surface area contributed by atoms with Crippen LogP contribution >= 0.6 is 0 Å². The molecule has 0 aliphatic carbocycles. The van der Waals surface area contributed by atoms with Crippen LogP contribution in [0, 0.1) is 12.8 Å². The molecule has 1 saturated heterocycles. The number of nitrogens with zero attached hydrogens (tertiary/aromatic N) is 4. The van der Waals surface area contributed by atoms with E-state index in [1.165, 1.54) is 0 Å². The van der Waals surface area contributed by atoms with E-state index in [9.17, 15) is 0 Å². The number of furan rings is 1. The highest BCUT2D eigenvalue weighted by molar-refractivity contribution is 5.87. The van der Waals surface area contributed by atoms with Gasteiger partial charge in [0, 0.05) is 30.2 Å². The second-order valence-electron chi connectivity index (χ2n) is 7.04. The number of nitrogens with one attached hydrogen (secondary N) is 2. The maximum atomic E-state index is 5.84. The number of benzene rings is 1. The van der Waals surface area contributed by atoms with Crippen LogP contribution in [0.4, 0.5) is 17.5 Å². The van der Waals surface area contributed by atoms with Crippen molar-refractivity contribution >= 4 is 39.5 Å². The minimum atomic E-state index is 0.493. The van der Waals surface area contributed by atoms with Crippen molar-refractivity contribution in [2.75, 3.05) is 29.9 Å². The summed E-state index contributed by atoms with van der Waals surface area (Å²) in [7, 11) is 0. The maximum absolute atomic E-state index is 5.84. The molecule has 1 aliphatic heterocycles. The maximum Gasteiger partial charge on any atom is 0.229 e. The Balaban J connectivity index is 1.51. The normalized spacial score (nSPS) is 17.3. The van der Waals surface area contributed by atoms with Crippen molar-refractivity contribution in [3.8, 4) is 0 Å². The van der Waals surface area contributed by atoms with E-state index in [2.05, 4.69) is 25.4 Å². The summed E-state index contributed by atoms with van der Waals surface area (Å²) in [5, 5.41) is 11.7. The van der Waals surface area contributed by atoms with Crippen LogP contribution in [0.2, 0.25) is 0 Å². The molecule has 0 saturated carbocycles. The van der Waals surface area contributed by atoms with Crippen molar-refractivity contribution in [3.05, 3.63) is 36.2 Å². The first-order valence-corrected chi connectivity index (χ1v) is 9.13. The van der Waals surface area contributed by atoms with Gasteiger partial charge in [-0.25, -0.2) is 4.98 Å².